The minimum Gasteiger partial charge on any atom is -0.412 e. The second-order valence-corrected chi connectivity index (χ2v) is 10.7. The van der Waals surface area contributed by atoms with Gasteiger partial charge in [0.25, 0.3) is 11.8 Å². The first-order chi connectivity index (χ1) is 23.1. The summed E-state index contributed by atoms with van der Waals surface area (Å²) in [6, 6.07) is 0. The van der Waals surface area contributed by atoms with Crippen molar-refractivity contribution in [1.29, 1.82) is 0 Å². The molecule has 0 spiro atoms. The quantitative estimate of drug-likeness (QED) is 0.0581. The molecule has 0 aliphatic carbocycles. The summed E-state index contributed by atoms with van der Waals surface area (Å²) in [5, 5.41) is 40.7. The molecule has 2 amide bonds. The standard InChI is InChI=1S/2C13H18N6O5.H2O/c2*1-2-3-23-18-12(22)9-7(20)8(21)13(24-9)19-5-17-6-10(14)15-4-16-11(6)19;/h2*4-5,7-9,13,20-21H,2-3H2,1H3,(H,18,22)(H2,14,15,16);1H2/t2*7-,8+,9-,13?;/m00./s1. The zero-order valence-corrected chi connectivity index (χ0v) is 26.2. The zero-order chi connectivity index (χ0) is 34.5. The maximum absolute atomic E-state index is 12.0. The summed E-state index contributed by atoms with van der Waals surface area (Å²) in [5.74, 6) is -1.02. The van der Waals surface area contributed by atoms with Gasteiger partial charge >= 0.3 is 0 Å². The number of rotatable bonds is 10. The van der Waals surface area contributed by atoms with E-state index in [0.717, 1.165) is 0 Å². The lowest BCUT2D eigenvalue weighted by molar-refractivity contribution is -0.151. The van der Waals surface area contributed by atoms with Crippen LogP contribution in [-0.4, -0.2) is 127 Å². The van der Waals surface area contributed by atoms with Crippen LogP contribution in [0.15, 0.2) is 25.3 Å². The number of carbonyl (C=O) groups excluding carboxylic acids is 2. The second kappa shape index (κ2) is 16.1. The summed E-state index contributed by atoms with van der Waals surface area (Å²) >= 11 is 0. The van der Waals surface area contributed by atoms with Gasteiger partial charge in [-0.1, -0.05) is 13.8 Å². The van der Waals surface area contributed by atoms with Crippen molar-refractivity contribution in [1.82, 2.24) is 50.0 Å². The highest BCUT2D eigenvalue weighted by Gasteiger charge is 2.49. The predicted molar refractivity (Wildman–Crippen MR) is 164 cm³/mol. The number of nitrogens with two attached hydrogens (primary N) is 2. The van der Waals surface area contributed by atoms with Crippen molar-refractivity contribution in [3.8, 4) is 0 Å². The van der Waals surface area contributed by atoms with Gasteiger partial charge in [-0.3, -0.25) is 28.4 Å². The molecule has 4 aromatic heterocycles. The highest BCUT2D eigenvalue weighted by Crippen LogP contribution is 2.33. The number of anilines is 2. The summed E-state index contributed by atoms with van der Waals surface area (Å²) in [7, 11) is 0. The summed E-state index contributed by atoms with van der Waals surface area (Å²) in [5.41, 5.74) is 17.1. The zero-order valence-electron chi connectivity index (χ0n) is 26.2. The highest BCUT2D eigenvalue weighted by molar-refractivity contribution is 5.83. The Bertz CT molecular complexity index is 1600. The van der Waals surface area contributed by atoms with Crippen molar-refractivity contribution in [3.05, 3.63) is 25.3 Å². The van der Waals surface area contributed by atoms with E-state index < -0.39 is 60.9 Å². The van der Waals surface area contributed by atoms with E-state index in [1.807, 2.05) is 13.8 Å². The third kappa shape index (κ3) is 7.48. The number of hydrogen-bond donors (Lipinski definition) is 8. The third-order valence-corrected chi connectivity index (χ3v) is 7.27. The molecule has 268 valence electrons. The first kappa shape index (κ1) is 37.1. The maximum Gasteiger partial charge on any atom is 0.275 e. The molecule has 2 unspecified atom stereocenters. The number of hydrogen-bond acceptors (Lipinski definition) is 18. The van der Waals surface area contributed by atoms with E-state index in [0.29, 0.717) is 48.4 Å². The first-order valence-electron chi connectivity index (χ1n) is 14.8. The summed E-state index contributed by atoms with van der Waals surface area (Å²) in [6.07, 6.45) is -3.67. The summed E-state index contributed by atoms with van der Waals surface area (Å²) in [4.78, 5) is 57.7. The second-order valence-electron chi connectivity index (χ2n) is 10.7. The number of nitrogens with zero attached hydrogens (tertiary/aromatic N) is 8. The van der Waals surface area contributed by atoms with Crippen LogP contribution in [0.4, 0.5) is 11.6 Å². The van der Waals surface area contributed by atoms with Crippen LogP contribution in [-0.2, 0) is 28.7 Å². The molecule has 49 heavy (non-hydrogen) atoms. The molecule has 2 aliphatic rings. The van der Waals surface area contributed by atoms with Gasteiger partial charge in [0.15, 0.2) is 47.6 Å². The molecular weight excluding hydrogens is 656 g/mol. The number of aliphatic hydroxyl groups excluding tert-OH is 4. The number of amides is 2. The molecule has 4 aromatic rings. The average molecular weight is 695 g/mol. The lowest BCUT2D eigenvalue weighted by atomic mass is 10.1. The molecule has 23 nitrogen and oxygen atoms in total. The molecule has 12 N–H and O–H groups in total. The number of ether oxygens (including phenoxy) is 2. The van der Waals surface area contributed by atoms with Crippen molar-refractivity contribution >= 4 is 45.8 Å². The fraction of sp³-hybridized carbons (Fsp3) is 0.538. The summed E-state index contributed by atoms with van der Waals surface area (Å²) < 4.78 is 13.8. The Morgan fingerprint density at radius 1 is 0.714 bits per heavy atom. The van der Waals surface area contributed by atoms with E-state index in [1.54, 1.807) is 0 Å². The number of aromatic nitrogens is 8. The molecule has 2 saturated heterocycles. The Hall–Kier alpha value is -4.72. The normalized spacial score (nSPS) is 26.2. The molecular formula is C26H38N12O11. The average Bonchev–Trinajstić information content (AvgIpc) is 3.84. The lowest BCUT2D eigenvalue weighted by Gasteiger charge is -2.16. The number of hydroxylamine groups is 2. The first-order valence-corrected chi connectivity index (χ1v) is 14.8. The van der Waals surface area contributed by atoms with E-state index >= 15 is 0 Å². The Morgan fingerprint density at radius 2 is 1.10 bits per heavy atom. The molecule has 0 saturated carbocycles. The number of imidazole rings is 2. The van der Waals surface area contributed by atoms with Gasteiger partial charge in [0.05, 0.1) is 25.9 Å². The number of nitrogens with one attached hydrogen (secondary N) is 2. The van der Waals surface area contributed by atoms with Gasteiger partial charge in [-0.2, -0.15) is 0 Å². The van der Waals surface area contributed by atoms with E-state index in [9.17, 15) is 30.0 Å². The van der Waals surface area contributed by atoms with E-state index in [-0.39, 0.29) is 17.1 Å². The van der Waals surface area contributed by atoms with Gasteiger partial charge in [-0.25, -0.2) is 40.9 Å². The molecule has 0 aromatic carbocycles. The van der Waals surface area contributed by atoms with E-state index in [4.69, 9.17) is 30.6 Å². The molecule has 23 heteroatoms. The Labute approximate surface area is 276 Å². The van der Waals surface area contributed by atoms with E-state index in [2.05, 4.69) is 40.9 Å². The van der Waals surface area contributed by atoms with Crippen molar-refractivity contribution < 1.29 is 54.6 Å². The Balaban J connectivity index is 0.000000216. The third-order valence-electron chi connectivity index (χ3n) is 7.27. The van der Waals surface area contributed by atoms with Crippen LogP contribution in [0.5, 0.6) is 0 Å². The molecule has 2 aliphatic heterocycles. The van der Waals surface area contributed by atoms with Crippen LogP contribution in [0.2, 0.25) is 0 Å². The Morgan fingerprint density at radius 3 is 1.47 bits per heavy atom. The van der Waals surface area contributed by atoms with Crippen LogP contribution < -0.4 is 22.4 Å². The van der Waals surface area contributed by atoms with Gasteiger partial charge < -0.3 is 46.8 Å². The van der Waals surface area contributed by atoms with Crippen molar-refractivity contribution in [3.63, 3.8) is 0 Å². The lowest BCUT2D eigenvalue weighted by Crippen LogP contribution is -2.42. The topological polar surface area (TPSA) is 347 Å². The number of carbonyl (C=O) groups is 2. The fourth-order valence-corrected chi connectivity index (χ4v) is 4.89. The van der Waals surface area contributed by atoms with Crippen molar-refractivity contribution in [2.45, 2.75) is 75.8 Å². The monoisotopic (exact) mass is 694 g/mol. The molecule has 2 fully saturated rings. The van der Waals surface area contributed by atoms with Gasteiger partial charge in [-0.05, 0) is 12.8 Å². The molecule has 0 bridgehead atoms. The van der Waals surface area contributed by atoms with E-state index in [1.165, 1.54) is 34.4 Å². The van der Waals surface area contributed by atoms with Crippen LogP contribution in [0.3, 0.4) is 0 Å². The molecule has 6 rings (SSSR count). The van der Waals surface area contributed by atoms with Crippen LogP contribution in [0.1, 0.15) is 39.1 Å². The SMILES string of the molecule is CCCONC(=O)[C@H]1OC(n2cnc3c(N)ncnc32)[C@H](O)[C@@H]1O.CCCONC(=O)[C@H]1OC(n2cnc3c(N)ncnc32)[C@H](O)[C@@H]1O.O. The van der Waals surface area contributed by atoms with Crippen LogP contribution >= 0.6 is 0 Å². The van der Waals surface area contributed by atoms with Gasteiger partial charge in [0.2, 0.25) is 0 Å². The van der Waals surface area contributed by atoms with Crippen molar-refractivity contribution in [2.24, 2.45) is 0 Å². The van der Waals surface area contributed by atoms with Gasteiger partial charge in [0.1, 0.15) is 48.1 Å². The van der Waals surface area contributed by atoms with Gasteiger partial charge in [-0.15, -0.1) is 0 Å². The number of nitrogen functional groups attached to an aromatic ring is 2. The van der Waals surface area contributed by atoms with Crippen LogP contribution in [0, 0.1) is 0 Å². The summed E-state index contributed by atoms with van der Waals surface area (Å²) in [6.45, 7) is 4.40. The smallest absolute Gasteiger partial charge is 0.275 e. The minimum absolute atomic E-state index is 0. The molecule has 6 heterocycles. The Kier molecular flexibility index (Phi) is 12.2. The molecule has 8 atom stereocenters. The number of fused-ring (bicyclic) bond motifs is 2. The fourth-order valence-electron chi connectivity index (χ4n) is 4.89. The highest BCUT2D eigenvalue weighted by atomic mass is 16.7. The van der Waals surface area contributed by atoms with Crippen LogP contribution in [0.25, 0.3) is 22.3 Å². The van der Waals surface area contributed by atoms with Gasteiger partial charge in [0, 0.05) is 0 Å². The predicted octanol–water partition coefficient (Wildman–Crippen LogP) is -3.85. The number of aliphatic hydroxyl groups is 4. The van der Waals surface area contributed by atoms with Crippen molar-refractivity contribution in [2.75, 3.05) is 24.7 Å². The maximum atomic E-state index is 12.0. The molecule has 0 radical (unpaired) electrons. The largest absolute Gasteiger partial charge is 0.412 e. The minimum atomic E-state index is -1.43.